The Bertz CT molecular complexity index is 493. The van der Waals surface area contributed by atoms with E-state index in [1.54, 1.807) is 0 Å². The van der Waals surface area contributed by atoms with Gasteiger partial charge in [0.05, 0.1) is 6.10 Å². The van der Waals surface area contributed by atoms with Crippen molar-refractivity contribution in [2.75, 3.05) is 6.61 Å². The number of halogens is 3. The standard InChI is InChI=1S/C27H47F3O/c1-3-5-7-17-31-25-16-15-23(26(29)27(25)30)21-13-14-22(24(28)18-21)20-11-9-19(10-12-20)8-6-4-2/h19-27H,3-18H2,1-2H3. The maximum absolute atomic E-state index is 15.2. The van der Waals surface area contributed by atoms with E-state index in [-0.39, 0.29) is 17.8 Å². The van der Waals surface area contributed by atoms with E-state index in [0.717, 1.165) is 38.0 Å². The predicted molar refractivity (Wildman–Crippen MR) is 122 cm³/mol. The Morgan fingerprint density at radius 1 is 0.677 bits per heavy atom. The Labute approximate surface area is 189 Å². The van der Waals surface area contributed by atoms with E-state index in [4.69, 9.17) is 4.74 Å². The van der Waals surface area contributed by atoms with Gasteiger partial charge in [0, 0.05) is 6.61 Å². The molecule has 1 nitrogen and oxygen atoms in total. The van der Waals surface area contributed by atoms with Crippen LogP contribution in [0.25, 0.3) is 0 Å². The van der Waals surface area contributed by atoms with E-state index in [0.29, 0.717) is 31.8 Å². The zero-order chi connectivity index (χ0) is 22.2. The summed E-state index contributed by atoms with van der Waals surface area (Å²) in [5.41, 5.74) is 0. The van der Waals surface area contributed by atoms with Crippen molar-refractivity contribution in [3.63, 3.8) is 0 Å². The Morgan fingerprint density at radius 3 is 2.03 bits per heavy atom. The lowest BCUT2D eigenvalue weighted by Gasteiger charge is -2.44. The maximum atomic E-state index is 15.2. The third-order valence-electron chi connectivity index (χ3n) is 8.86. The van der Waals surface area contributed by atoms with Crippen LogP contribution < -0.4 is 0 Å². The van der Waals surface area contributed by atoms with E-state index in [2.05, 4.69) is 13.8 Å². The lowest BCUT2D eigenvalue weighted by molar-refractivity contribution is -0.0926. The van der Waals surface area contributed by atoms with Crippen molar-refractivity contribution in [1.29, 1.82) is 0 Å². The van der Waals surface area contributed by atoms with Gasteiger partial charge in [-0.15, -0.1) is 0 Å². The van der Waals surface area contributed by atoms with Gasteiger partial charge in [-0.25, -0.2) is 13.2 Å². The summed E-state index contributed by atoms with van der Waals surface area (Å²) in [4.78, 5) is 0. The molecule has 0 aliphatic heterocycles. The van der Waals surface area contributed by atoms with Gasteiger partial charge >= 0.3 is 0 Å². The third kappa shape index (κ3) is 6.87. The number of rotatable bonds is 10. The fourth-order valence-corrected chi connectivity index (χ4v) is 6.86. The van der Waals surface area contributed by atoms with Gasteiger partial charge in [0.15, 0.2) is 6.17 Å². The zero-order valence-electron chi connectivity index (χ0n) is 20.1. The molecule has 0 aromatic heterocycles. The van der Waals surface area contributed by atoms with Crippen LogP contribution in [0.1, 0.15) is 110 Å². The zero-order valence-corrected chi connectivity index (χ0v) is 20.1. The Morgan fingerprint density at radius 2 is 1.35 bits per heavy atom. The van der Waals surface area contributed by atoms with Gasteiger partial charge in [0.1, 0.15) is 12.3 Å². The Kier molecular flexibility index (Phi) is 10.5. The van der Waals surface area contributed by atoms with Crippen LogP contribution in [-0.2, 0) is 4.74 Å². The van der Waals surface area contributed by atoms with E-state index in [9.17, 15) is 8.78 Å². The lowest BCUT2D eigenvalue weighted by Crippen LogP contribution is -2.47. The molecule has 0 aromatic rings. The molecule has 0 heterocycles. The van der Waals surface area contributed by atoms with Crippen LogP contribution in [0.5, 0.6) is 0 Å². The van der Waals surface area contributed by atoms with E-state index in [1.165, 1.54) is 44.9 Å². The van der Waals surface area contributed by atoms with Crippen LogP contribution in [0.3, 0.4) is 0 Å². The molecule has 3 rings (SSSR count). The van der Waals surface area contributed by atoms with Gasteiger partial charge in [0.25, 0.3) is 0 Å². The summed E-state index contributed by atoms with van der Waals surface area (Å²) >= 11 is 0. The molecule has 182 valence electrons. The number of hydrogen-bond acceptors (Lipinski definition) is 1. The minimum atomic E-state index is -1.55. The normalized spacial score (nSPS) is 41.9. The SMILES string of the molecule is CCCCCOC1CCC(C2CCC(C3CCC(CCCC)CC3)C(F)C2)C(F)C1F. The first-order chi connectivity index (χ1) is 15.0. The van der Waals surface area contributed by atoms with E-state index < -0.39 is 24.6 Å². The molecular weight excluding hydrogens is 397 g/mol. The Hall–Kier alpha value is -0.250. The summed E-state index contributed by atoms with van der Waals surface area (Å²) in [6.07, 6.45) is 10.8. The van der Waals surface area contributed by atoms with Crippen LogP contribution in [0.15, 0.2) is 0 Å². The largest absolute Gasteiger partial charge is 0.375 e. The van der Waals surface area contributed by atoms with Crippen molar-refractivity contribution in [3.05, 3.63) is 0 Å². The number of alkyl halides is 3. The van der Waals surface area contributed by atoms with Gasteiger partial charge in [-0.1, -0.05) is 58.8 Å². The molecule has 0 bridgehead atoms. The van der Waals surface area contributed by atoms with Gasteiger partial charge in [-0.2, -0.15) is 0 Å². The molecule has 0 spiro atoms. The second-order valence-electron chi connectivity index (χ2n) is 10.9. The molecule has 3 aliphatic carbocycles. The highest BCUT2D eigenvalue weighted by atomic mass is 19.2. The molecule has 3 saturated carbocycles. The highest BCUT2D eigenvalue weighted by molar-refractivity contribution is 4.96. The molecule has 0 aromatic carbocycles. The van der Waals surface area contributed by atoms with Crippen LogP contribution in [-0.4, -0.2) is 31.2 Å². The average molecular weight is 445 g/mol. The van der Waals surface area contributed by atoms with Crippen molar-refractivity contribution < 1.29 is 17.9 Å². The van der Waals surface area contributed by atoms with Gasteiger partial charge in [-0.05, 0) is 81.0 Å². The quantitative estimate of drug-likeness (QED) is 0.307. The van der Waals surface area contributed by atoms with Crippen molar-refractivity contribution in [1.82, 2.24) is 0 Å². The first-order valence-electron chi connectivity index (χ1n) is 13.6. The number of hydrogen-bond donors (Lipinski definition) is 0. The summed E-state index contributed by atoms with van der Waals surface area (Å²) in [5, 5.41) is 0. The number of ether oxygens (including phenoxy) is 1. The summed E-state index contributed by atoms with van der Waals surface area (Å²) < 4.78 is 50.7. The van der Waals surface area contributed by atoms with E-state index in [1.807, 2.05) is 0 Å². The Balaban J connectivity index is 1.43. The van der Waals surface area contributed by atoms with Crippen LogP contribution in [0.2, 0.25) is 0 Å². The summed E-state index contributed by atoms with van der Waals surface area (Å²) in [7, 11) is 0. The highest BCUT2D eigenvalue weighted by Gasteiger charge is 2.47. The smallest absolute Gasteiger partial charge is 0.157 e. The minimum Gasteiger partial charge on any atom is -0.375 e. The molecule has 7 unspecified atom stereocenters. The van der Waals surface area contributed by atoms with Gasteiger partial charge in [0.2, 0.25) is 0 Å². The second-order valence-corrected chi connectivity index (χ2v) is 10.9. The van der Waals surface area contributed by atoms with Crippen LogP contribution in [0, 0.1) is 29.6 Å². The summed E-state index contributed by atoms with van der Waals surface area (Å²) in [5.74, 6) is 1.19. The van der Waals surface area contributed by atoms with Crippen molar-refractivity contribution >= 4 is 0 Å². The molecule has 31 heavy (non-hydrogen) atoms. The molecule has 7 atom stereocenters. The molecule has 0 N–H and O–H groups in total. The molecule has 4 heteroatoms. The summed E-state index contributed by atoms with van der Waals surface area (Å²) in [6.45, 7) is 4.89. The van der Waals surface area contributed by atoms with Crippen molar-refractivity contribution in [2.45, 2.75) is 135 Å². The number of unbranched alkanes of at least 4 members (excludes halogenated alkanes) is 3. The second kappa shape index (κ2) is 12.8. The molecule has 0 radical (unpaired) electrons. The highest BCUT2D eigenvalue weighted by Crippen LogP contribution is 2.48. The van der Waals surface area contributed by atoms with E-state index >= 15 is 4.39 Å². The van der Waals surface area contributed by atoms with Gasteiger partial charge in [-0.3, -0.25) is 0 Å². The van der Waals surface area contributed by atoms with Crippen LogP contribution in [0.4, 0.5) is 13.2 Å². The summed E-state index contributed by atoms with van der Waals surface area (Å²) in [6, 6.07) is 0. The lowest BCUT2D eigenvalue weighted by atomic mass is 9.64. The molecule has 0 saturated heterocycles. The minimum absolute atomic E-state index is 0.00133. The fraction of sp³-hybridized carbons (Fsp3) is 1.00. The van der Waals surface area contributed by atoms with Crippen molar-refractivity contribution in [2.24, 2.45) is 29.6 Å². The topological polar surface area (TPSA) is 9.23 Å². The molecule has 3 fully saturated rings. The van der Waals surface area contributed by atoms with Crippen molar-refractivity contribution in [3.8, 4) is 0 Å². The first kappa shape index (κ1) is 25.4. The average Bonchev–Trinajstić information content (AvgIpc) is 2.78. The third-order valence-corrected chi connectivity index (χ3v) is 8.86. The predicted octanol–water partition coefficient (Wildman–Crippen LogP) is 8.40. The molecule has 0 amide bonds. The van der Waals surface area contributed by atoms with Gasteiger partial charge < -0.3 is 4.74 Å². The first-order valence-corrected chi connectivity index (χ1v) is 13.6. The van der Waals surface area contributed by atoms with Crippen LogP contribution >= 0.6 is 0 Å². The molecular formula is C27H47F3O. The molecule has 3 aliphatic rings. The fourth-order valence-electron chi connectivity index (χ4n) is 6.86. The monoisotopic (exact) mass is 444 g/mol. The maximum Gasteiger partial charge on any atom is 0.157 e.